The Balaban J connectivity index is 3.27. The van der Waals surface area contributed by atoms with Crippen LogP contribution in [0, 0.1) is 10.1 Å². The van der Waals surface area contributed by atoms with Gasteiger partial charge in [0.15, 0.2) is 0 Å². The molecule has 0 amide bonds. The smallest absolute Gasteiger partial charge is 0.258 e. The van der Waals surface area contributed by atoms with Crippen LogP contribution in [0.2, 0.25) is 0 Å². The molecule has 1 rings (SSSR count). The average Bonchev–Trinajstić information content (AvgIpc) is 2.15. The highest BCUT2D eigenvalue weighted by Gasteiger charge is 2.33. The van der Waals surface area contributed by atoms with Crippen molar-refractivity contribution in [3.63, 3.8) is 0 Å². The molecule has 0 fully saturated rings. The van der Waals surface area contributed by atoms with E-state index in [9.17, 15) is 23.3 Å². The van der Waals surface area contributed by atoms with E-state index in [-0.39, 0.29) is 5.56 Å². The van der Waals surface area contributed by atoms with Gasteiger partial charge in [-0.15, -0.1) is 11.6 Å². The highest BCUT2D eigenvalue weighted by molar-refractivity contribution is 6.17. The number of non-ortho nitro benzene ring substituents is 1. The first-order valence-electron chi connectivity index (χ1n) is 3.76. The maximum atomic E-state index is 12.3. The van der Waals surface area contributed by atoms with E-state index in [1.54, 1.807) is 0 Å². The molecule has 0 aliphatic heterocycles. The molecule has 1 aromatic rings. The molecule has 0 aromatic heterocycles. The summed E-state index contributed by atoms with van der Waals surface area (Å²) < 4.78 is 37.0. The summed E-state index contributed by atoms with van der Waals surface area (Å²) in [6.45, 7) is 0. The fourth-order valence-electron chi connectivity index (χ4n) is 1.08. The first-order valence-corrected chi connectivity index (χ1v) is 4.30. The Hall–Kier alpha value is -1.30. The highest BCUT2D eigenvalue weighted by atomic mass is 35.5. The second kappa shape index (κ2) is 4.06. The summed E-state index contributed by atoms with van der Waals surface area (Å²) in [5, 5.41) is 10.3. The predicted molar refractivity (Wildman–Crippen MR) is 47.7 cm³/mol. The highest BCUT2D eigenvalue weighted by Crippen LogP contribution is 2.34. The van der Waals surface area contributed by atoms with Gasteiger partial charge in [0.25, 0.3) is 5.69 Å². The number of nitro groups is 1. The minimum atomic E-state index is -4.54. The number of nitro benzene ring substituents is 1. The van der Waals surface area contributed by atoms with E-state index in [2.05, 4.69) is 0 Å². The summed E-state index contributed by atoms with van der Waals surface area (Å²) in [6, 6.07) is 2.30. The van der Waals surface area contributed by atoms with Gasteiger partial charge in [0.05, 0.1) is 10.5 Å². The fraction of sp³-hybridized carbons (Fsp3) is 0.250. The average molecular weight is 240 g/mol. The summed E-state index contributed by atoms with van der Waals surface area (Å²) >= 11 is 5.29. The molecule has 82 valence electrons. The van der Waals surface area contributed by atoms with Crippen LogP contribution < -0.4 is 0 Å². The van der Waals surface area contributed by atoms with E-state index in [0.717, 1.165) is 12.1 Å². The first-order chi connectivity index (χ1) is 6.86. The maximum Gasteiger partial charge on any atom is 0.416 e. The van der Waals surface area contributed by atoms with Crippen LogP contribution in [0.3, 0.4) is 0 Å². The Labute approximate surface area is 87.6 Å². The van der Waals surface area contributed by atoms with Gasteiger partial charge >= 0.3 is 6.18 Å². The lowest BCUT2D eigenvalue weighted by atomic mass is 10.1. The van der Waals surface area contributed by atoms with Crippen molar-refractivity contribution in [2.24, 2.45) is 0 Å². The molecule has 0 aliphatic rings. The third kappa shape index (κ3) is 2.59. The summed E-state index contributed by atoms with van der Waals surface area (Å²) in [4.78, 5) is 9.54. The van der Waals surface area contributed by atoms with Crippen LogP contribution in [-0.2, 0) is 12.1 Å². The lowest BCUT2D eigenvalue weighted by molar-refractivity contribution is -0.385. The zero-order chi connectivity index (χ0) is 11.6. The van der Waals surface area contributed by atoms with Crippen molar-refractivity contribution in [1.82, 2.24) is 0 Å². The van der Waals surface area contributed by atoms with Gasteiger partial charge in [-0.25, -0.2) is 0 Å². The number of halogens is 4. The van der Waals surface area contributed by atoms with E-state index >= 15 is 0 Å². The lowest BCUT2D eigenvalue weighted by Crippen LogP contribution is -2.08. The topological polar surface area (TPSA) is 43.1 Å². The molecule has 0 spiro atoms. The van der Waals surface area contributed by atoms with Crippen molar-refractivity contribution in [2.45, 2.75) is 12.1 Å². The summed E-state index contributed by atoms with van der Waals surface area (Å²) in [6.07, 6.45) is -4.54. The molecule has 0 atom stereocenters. The molecule has 15 heavy (non-hydrogen) atoms. The Bertz CT molecular complexity index is 392. The normalized spacial score (nSPS) is 11.5. The summed E-state index contributed by atoms with van der Waals surface area (Å²) in [5.74, 6) is -0.420. The van der Waals surface area contributed by atoms with Crippen molar-refractivity contribution in [1.29, 1.82) is 0 Å². The number of rotatable bonds is 2. The molecule has 0 saturated carbocycles. The quantitative estimate of drug-likeness (QED) is 0.451. The van der Waals surface area contributed by atoms with Crippen molar-refractivity contribution < 1.29 is 18.1 Å². The van der Waals surface area contributed by atoms with Gasteiger partial charge in [-0.2, -0.15) is 13.2 Å². The number of benzene rings is 1. The standard InChI is InChI=1S/C8H5ClF3NO2/c9-4-5-3-6(13(14)15)1-2-7(5)8(10,11)12/h1-3H,4H2. The minimum absolute atomic E-state index is 0.293. The van der Waals surface area contributed by atoms with Gasteiger partial charge in [-0.3, -0.25) is 10.1 Å². The second-order valence-electron chi connectivity index (χ2n) is 2.73. The fourth-order valence-corrected chi connectivity index (χ4v) is 1.30. The molecule has 1 aromatic carbocycles. The maximum absolute atomic E-state index is 12.3. The third-order valence-electron chi connectivity index (χ3n) is 1.75. The number of alkyl halides is 4. The number of hydrogen-bond donors (Lipinski definition) is 0. The SMILES string of the molecule is O=[N+]([O-])c1ccc(C(F)(F)F)c(CCl)c1. The van der Waals surface area contributed by atoms with Gasteiger partial charge in [0, 0.05) is 18.0 Å². The Morgan fingerprint density at radius 1 is 1.40 bits per heavy atom. The van der Waals surface area contributed by atoms with Crippen molar-refractivity contribution >= 4 is 17.3 Å². The Kier molecular flexibility index (Phi) is 3.18. The molecule has 0 bridgehead atoms. The number of hydrogen-bond acceptors (Lipinski definition) is 2. The zero-order valence-corrected chi connectivity index (χ0v) is 7.97. The molecule has 3 nitrogen and oxygen atoms in total. The van der Waals surface area contributed by atoms with Gasteiger partial charge < -0.3 is 0 Å². The van der Waals surface area contributed by atoms with Gasteiger partial charge in [-0.05, 0) is 11.6 Å². The van der Waals surface area contributed by atoms with Crippen LogP contribution in [0.15, 0.2) is 18.2 Å². The van der Waals surface area contributed by atoms with Crippen LogP contribution in [0.25, 0.3) is 0 Å². The largest absolute Gasteiger partial charge is 0.416 e. The molecule has 0 radical (unpaired) electrons. The molecular formula is C8H5ClF3NO2. The molecular weight excluding hydrogens is 235 g/mol. The van der Waals surface area contributed by atoms with E-state index in [4.69, 9.17) is 11.6 Å². The molecule has 0 N–H and O–H groups in total. The van der Waals surface area contributed by atoms with Crippen molar-refractivity contribution in [3.8, 4) is 0 Å². The lowest BCUT2D eigenvalue weighted by Gasteiger charge is -2.10. The van der Waals surface area contributed by atoms with Crippen LogP contribution in [-0.4, -0.2) is 4.92 Å². The van der Waals surface area contributed by atoms with Crippen LogP contribution in [0.5, 0.6) is 0 Å². The van der Waals surface area contributed by atoms with Crippen LogP contribution in [0.1, 0.15) is 11.1 Å². The zero-order valence-electron chi connectivity index (χ0n) is 7.21. The molecule has 0 heterocycles. The van der Waals surface area contributed by atoms with Gasteiger partial charge in [0.2, 0.25) is 0 Å². The van der Waals surface area contributed by atoms with Crippen molar-refractivity contribution in [2.75, 3.05) is 0 Å². The van der Waals surface area contributed by atoms with Crippen LogP contribution >= 0.6 is 11.6 Å². The second-order valence-corrected chi connectivity index (χ2v) is 3.00. The van der Waals surface area contributed by atoms with E-state index in [0.29, 0.717) is 6.07 Å². The summed E-state index contributed by atoms with van der Waals surface area (Å²) in [5.41, 5.74) is -1.64. The van der Waals surface area contributed by atoms with Crippen molar-refractivity contribution in [3.05, 3.63) is 39.4 Å². The summed E-state index contributed by atoms with van der Waals surface area (Å²) in [7, 11) is 0. The first kappa shape index (κ1) is 11.8. The molecule has 0 aliphatic carbocycles. The third-order valence-corrected chi connectivity index (χ3v) is 2.04. The monoisotopic (exact) mass is 239 g/mol. The molecule has 7 heteroatoms. The predicted octanol–water partition coefficient (Wildman–Crippen LogP) is 3.35. The van der Waals surface area contributed by atoms with E-state index < -0.39 is 28.2 Å². The van der Waals surface area contributed by atoms with Crippen LogP contribution in [0.4, 0.5) is 18.9 Å². The Morgan fingerprint density at radius 3 is 2.40 bits per heavy atom. The minimum Gasteiger partial charge on any atom is -0.258 e. The Morgan fingerprint density at radius 2 is 2.00 bits per heavy atom. The van der Waals surface area contributed by atoms with Gasteiger partial charge in [0.1, 0.15) is 0 Å². The van der Waals surface area contributed by atoms with Gasteiger partial charge in [-0.1, -0.05) is 0 Å². The number of nitrogens with zero attached hydrogens (tertiary/aromatic N) is 1. The molecule has 0 unspecified atom stereocenters. The van der Waals surface area contributed by atoms with E-state index in [1.807, 2.05) is 0 Å². The molecule has 0 saturated heterocycles. The van der Waals surface area contributed by atoms with E-state index in [1.165, 1.54) is 0 Å².